The molecule has 1 saturated carbocycles. The molecule has 0 heterocycles. The van der Waals surface area contributed by atoms with Crippen molar-refractivity contribution in [2.24, 2.45) is 5.92 Å². The van der Waals surface area contributed by atoms with Gasteiger partial charge in [0.05, 0.1) is 0 Å². The molecule has 1 aliphatic rings. The van der Waals surface area contributed by atoms with E-state index in [-0.39, 0.29) is 29.5 Å². The van der Waals surface area contributed by atoms with Gasteiger partial charge < -0.3 is 25.4 Å². The van der Waals surface area contributed by atoms with E-state index in [4.69, 9.17) is 4.74 Å². The van der Waals surface area contributed by atoms with Crippen molar-refractivity contribution >= 4 is 17.9 Å². The maximum Gasteiger partial charge on any atom is 0.408 e. The highest BCUT2D eigenvalue weighted by atomic mass is 16.6. The minimum absolute atomic E-state index is 0.0157. The molecule has 1 fully saturated rings. The Kier molecular flexibility index (Phi) is 10.4. The molecular formula is C29H47N3O5. The fourth-order valence-electron chi connectivity index (χ4n) is 4.68. The predicted molar refractivity (Wildman–Crippen MR) is 145 cm³/mol. The van der Waals surface area contributed by atoms with Crippen molar-refractivity contribution in [3.8, 4) is 5.75 Å². The summed E-state index contributed by atoms with van der Waals surface area (Å²) in [6.45, 7) is 14.8. The van der Waals surface area contributed by atoms with Crippen LogP contribution in [0, 0.1) is 5.92 Å². The van der Waals surface area contributed by atoms with Crippen molar-refractivity contribution in [1.29, 1.82) is 0 Å². The third kappa shape index (κ3) is 8.64. The third-order valence-electron chi connectivity index (χ3n) is 7.00. The number of ether oxygens (including phenoxy) is 1. The monoisotopic (exact) mass is 517 g/mol. The number of benzene rings is 1. The van der Waals surface area contributed by atoms with Gasteiger partial charge in [0.2, 0.25) is 11.8 Å². The molecule has 0 spiro atoms. The number of hydrogen-bond donors (Lipinski definition) is 3. The molecule has 3 amide bonds. The number of carbonyl (C=O) groups is 3. The Morgan fingerprint density at radius 1 is 1.08 bits per heavy atom. The highest BCUT2D eigenvalue weighted by Gasteiger charge is 2.44. The van der Waals surface area contributed by atoms with Crippen LogP contribution in [0.5, 0.6) is 5.75 Å². The number of rotatable bonds is 9. The Bertz CT molecular complexity index is 932. The lowest BCUT2D eigenvalue weighted by atomic mass is 9.89. The summed E-state index contributed by atoms with van der Waals surface area (Å²) in [5.41, 5.74) is -0.941. The first-order valence-corrected chi connectivity index (χ1v) is 13.6. The first kappa shape index (κ1) is 30.5. The van der Waals surface area contributed by atoms with Crippen LogP contribution in [0.1, 0.15) is 106 Å². The summed E-state index contributed by atoms with van der Waals surface area (Å²) >= 11 is 0. The third-order valence-corrected chi connectivity index (χ3v) is 7.00. The minimum Gasteiger partial charge on any atom is -0.508 e. The lowest BCUT2D eigenvalue weighted by molar-refractivity contribution is -0.150. The van der Waals surface area contributed by atoms with Crippen molar-refractivity contribution in [2.75, 3.05) is 0 Å². The summed E-state index contributed by atoms with van der Waals surface area (Å²) in [6, 6.07) is 4.64. The van der Waals surface area contributed by atoms with E-state index in [1.807, 2.05) is 34.6 Å². The molecule has 2 unspecified atom stereocenters. The van der Waals surface area contributed by atoms with Crippen molar-refractivity contribution in [3.05, 3.63) is 29.8 Å². The number of amides is 3. The molecule has 2 atom stereocenters. The Labute approximate surface area is 222 Å². The molecule has 3 N–H and O–H groups in total. The Morgan fingerprint density at radius 3 is 2.22 bits per heavy atom. The summed E-state index contributed by atoms with van der Waals surface area (Å²) < 4.78 is 5.44. The average molecular weight is 518 g/mol. The quantitative estimate of drug-likeness (QED) is 0.404. The van der Waals surface area contributed by atoms with Crippen LogP contribution in [-0.4, -0.2) is 51.1 Å². The van der Waals surface area contributed by atoms with Gasteiger partial charge in [-0.15, -0.1) is 0 Å². The molecule has 0 aliphatic heterocycles. The first-order valence-electron chi connectivity index (χ1n) is 13.6. The molecule has 1 aromatic carbocycles. The number of phenolic OH excluding ortho intramolecular Hbond substituents is 1. The molecular weight excluding hydrogens is 470 g/mol. The number of alkyl carbamates (subject to hydrolysis) is 1. The van der Waals surface area contributed by atoms with Gasteiger partial charge in [-0.25, -0.2) is 4.79 Å². The van der Waals surface area contributed by atoms with E-state index in [2.05, 4.69) is 10.6 Å². The zero-order chi connectivity index (χ0) is 28.0. The Balaban J connectivity index is 2.55. The number of aromatic hydroxyl groups is 1. The van der Waals surface area contributed by atoms with Gasteiger partial charge in [-0.3, -0.25) is 9.59 Å². The van der Waals surface area contributed by atoms with Crippen LogP contribution in [0.15, 0.2) is 24.3 Å². The second-order valence-electron chi connectivity index (χ2n) is 12.1. The van der Waals surface area contributed by atoms with Gasteiger partial charge in [-0.2, -0.15) is 0 Å². The van der Waals surface area contributed by atoms with Gasteiger partial charge in [0.15, 0.2) is 0 Å². The van der Waals surface area contributed by atoms with Crippen LogP contribution in [-0.2, 0) is 14.3 Å². The smallest absolute Gasteiger partial charge is 0.408 e. The number of phenols is 1. The summed E-state index contributed by atoms with van der Waals surface area (Å²) in [4.78, 5) is 42.5. The molecule has 0 saturated heterocycles. The van der Waals surface area contributed by atoms with E-state index in [0.29, 0.717) is 12.0 Å². The van der Waals surface area contributed by atoms with Crippen molar-refractivity contribution in [2.45, 2.75) is 123 Å². The highest BCUT2D eigenvalue weighted by Crippen LogP contribution is 2.34. The Hall–Kier alpha value is -2.77. The second-order valence-corrected chi connectivity index (χ2v) is 12.1. The average Bonchev–Trinajstić information content (AvgIpc) is 2.79. The SMILES string of the molecule is CCC(C)(C)N(C(=O)C(NC(=O)OC(C)(C)C)C(C)C)C(C(=O)NC1CCCCC1)c1cccc(O)c1. The molecule has 1 aromatic rings. The van der Waals surface area contributed by atoms with E-state index in [1.165, 1.54) is 12.1 Å². The molecule has 2 rings (SSSR count). The van der Waals surface area contributed by atoms with Crippen LogP contribution >= 0.6 is 0 Å². The van der Waals surface area contributed by atoms with Crippen molar-refractivity contribution in [1.82, 2.24) is 15.5 Å². The van der Waals surface area contributed by atoms with Gasteiger partial charge >= 0.3 is 6.09 Å². The van der Waals surface area contributed by atoms with Gasteiger partial charge in [0.1, 0.15) is 23.4 Å². The Morgan fingerprint density at radius 2 is 1.70 bits per heavy atom. The summed E-state index contributed by atoms with van der Waals surface area (Å²) in [5, 5.41) is 16.2. The van der Waals surface area contributed by atoms with Gasteiger partial charge in [0.25, 0.3) is 0 Å². The number of hydrogen-bond acceptors (Lipinski definition) is 5. The first-order chi connectivity index (χ1) is 17.2. The number of nitrogens with one attached hydrogen (secondary N) is 2. The van der Waals surface area contributed by atoms with E-state index < -0.39 is 29.3 Å². The van der Waals surface area contributed by atoms with Gasteiger partial charge in [-0.1, -0.05) is 52.2 Å². The highest BCUT2D eigenvalue weighted by molar-refractivity contribution is 5.93. The van der Waals surface area contributed by atoms with Crippen LogP contribution in [0.4, 0.5) is 4.79 Å². The van der Waals surface area contributed by atoms with Crippen molar-refractivity contribution < 1.29 is 24.2 Å². The van der Waals surface area contributed by atoms with Crippen molar-refractivity contribution in [3.63, 3.8) is 0 Å². The fraction of sp³-hybridized carbons (Fsp3) is 0.690. The van der Waals surface area contributed by atoms with Crippen LogP contribution in [0.2, 0.25) is 0 Å². The predicted octanol–water partition coefficient (Wildman–Crippen LogP) is 5.45. The summed E-state index contributed by atoms with van der Waals surface area (Å²) in [7, 11) is 0. The summed E-state index contributed by atoms with van der Waals surface area (Å²) in [6.07, 6.45) is 4.95. The number of nitrogens with zero attached hydrogens (tertiary/aromatic N) is 1. The van der Waals surface area contributed by atoms with Gasteiger partial charge in [0, 0.05) is 11.6 Å². The lowest BCUT2D eigenvalue weighted by Crippen LogP contribution is -2.61. The van der Waals surface area contributed by atoms with E-state index >= 15 is 0 Å². The zero-order valence-corrected chi connectivity index (χ0v) is 23.9. The van der Waals surface area contributed by atoms with Gasteiger partial charge in [-0.05, 0) is 77.5 Å². The molecule has 0 bridgehead atoms. The van der Waals surface area contributed by atoms with Crippen LogP contribution in [0.3, 0.4) is 0 Å². The topological polar surface area (TPSA) is 108 Å². The second kappa shape index (κ2) is 12.7. The molecule has 37 heavy (non-hydrogen) atoms. The standard InChI is InChI=1S/C29H47N3O5/c1-9-29(7,8)32(26(35)23(19(2)3)31-27(36)37-28(4,5)6)24(20-14-13-17-22(33)18-20)25(34)30-21-15-11-10-12-16-21/h13-14,17-19,21,23-24,33H,9-12,15-16H2,1-8H3,(H,30,34)(H,31,36). The largest absolute Gasteiger partial charge is 0.508 e. The molecule has 0 aromatic heterocycles. The van der Waals surface area contributed by atoms with Crippen LogP contribution in [0.25, 0.3) is 0 Å². The maximum atomic E-state index is 14.3. The van der Waals surface area contributed by atoms with Crippen LogP contribution < -0.4 is 10.6 Å². The zero-order valence-electron chi connectivity index (χ0n) is 23.9. The lowest BCUT2D eigenvalue weighted by Gasteiger charge is -2.45. The van der Waals surface area contributed by atoms with E-state index in [1.54, 1.807) is 37.8 Å². The molecule has 0 radical (unpaired) electrons. The minimum atomic E-state index is -0.988. The number of carbonyl (C=O) groups excluding carboxylic acids is 3. The molecule has 1 aliphatic carbocycles. The molecule has 208 valence electrons. The normalized spacial score (nSPS) is 16.6. The fourth-order valence-corrected chi connectivity index (χ4v) is 4.68. The molecule has 8 nitrogen and oxygen atoms in total. The molecule has 8 heteroatoms. The van der Waals surface area contributed by atoms with E-state index in [9.17, 15) is 19.5 Å². The maximum absolute atomic E-state index is 14.3. The summed E-state index contributed by atoms with van der Waals surface area (Å²) in [5.74, 6) is -0.907. The van der Waals surface area contributed by atoms with E-state index in [0.717, 1.165) is 32.1 Å².